The number of hydrogen-bond donors (Lipinski definition) is 0. The Kier molecular flexibility index (Phi) is 4.69. The first-order chi connectivity index (χ1) is 11.7. The maximum absolute atomic E-state index is 8.90. The number of nitriles is 1. The van der Waals surface area contributed by atoms with Crippen molar-refractivity contribution in [2.24, 2.45) is 0 Å². The number of pyridine rings is 1. The van der Waals surface area contributed by atoms with Crippen LogP contribution in [0.1, 0.15) is 18.2 Å². The fourth-order valence-electron chi connectivity index (χ4n) is 2.08. The average Bonchev–Trinajstić information content (AvgIpc) is 2.63. The van der Waals surface area contributed by atoms with Gasteiger partial charge in [-0.1, -0.05) is 24.6 Å². The van der Waals surface area contributed by atoms with E-state index in [1.54, 1.807) is 30.5 Å². The lowest BCUT2D eigenvalue weighted by molar-refractivity contribution is 0.461. The molecular formula is C18H13ClN4O. The van der Waals surface area contributed by atoms with Crippen molar-refractivity contribution >= 4 is 11.6 Å². The van der Waals surface area contributed by atoms with Crippen LogP contribution >= 0.6 is 11.6 Å². The molecule has 118 valence electrons. The third kappa shape index (κ3) is 3.50. The number of aromatic nitrogens is 3. The Morgan fingerprint density at radius 2 is 2.04 bits per heavy atom. The Morgan fingerprint density at radius 3 is 2.71 bits per heavy atom. The maximum atomic E-state index is 8.90. The first-order valence-electron chi connectivity index (χ1n) is 7.36. The third-order valence-electron chi connectivity index (χ3n) is 3.29. The van der Waals surface area contributed by atoms with Gasteiger partial charge in [0.2, 0.25) is 5.88 Å². The van der Waals surface area contributed by atoms with Crippen molar-refractivity contribution < 1.29 is 4.74 Å². The van der Waals surface area contributed by atoms with Gasteiger partial charge in [-0.2, -0.15) is 10.2 Å². The lowest BCUT2D eigenvalue weighted by atomic mass is 10.2. The molecule has 0 aliphatic heterocycles. The minimum Gasteiger partial charge on any atom is -0.437 e. The lowest BCUT2D eigenvalue weighted by Gasteiger charge is -2.09. The van der Waals surface area contributed by atoms with Crippen molar-refractivity contribution in [1.29, 1.82) is 5.26 Å². The topological polar surface area (TPSA) is 71.7 Å². The van der Waals surface area contributed by atoms with E-state index in [1.165, 1.54) is 0 Å². The van der Waals surface area contributed by atoms with Gasteiger partial charge in [0.1, 0.15) is 11.4 Å². The van der Waals surface area contributed by atoms with Crippen molar-refractivity contribution in [2.45, 2.75) is 13.3 Å². The Balaban J connectivity index is 1.98. The summed E-state index contributed by atoms with van der Waals surface area (Å²) in [6.45, 7) is 2.00. The second-order valence-electron chi connectivity index (χ2n) is 4.95. The normalized spacial score (nSPS) is 10.2. The molecule has 0 unspecified atom stereocenters. The Hall–Kier alpha value is -2.97. The van der Waals surface area contributed by atoms with Crippen molar-refractivity contribution in [3.05, 3.63) is 64.9 Å². The molecule has 0 aliphatic carbocycles. The van der Waals surface area contributed by atoms with Crippen LogP contribution < -0.4 is 4.74 Å². The van der Waals surface area contributed by atoms with E-state index >= 15 is 0 Å². The standard InChI is InChI=1S/C18H13ClN4O/c1-2-13-10-17(23-18(22-13)15-5-3-4-8-21-15)24-16-7-6-12(11-20)9-14(16)19/h3-10H,2H2,1H3. The van der Waals surface area contributed by atoms with Gasteiger partial charge in [0.05, 0.1) is 16.7 Å². The van der Waals surface area contributed by atoms with Gasteiger partial charge >= 0.3 is 0 Å². The molecule has 0 atom stereocenters. The highest BCUT2D eigenvalue weighted by Crippen LogP contribution is 2.30. The van der Waals surface area contributed by atoms with Crippen LogP contribution in [0.5, 0.6) is 11.6 Å². The summed E-state index contributed by atoms with van der Waals surface area (Å²) in [5.74, 6) is 1.31. The van der Waals surface area contributed by atoms with Crippen molar-refractivity contribution in [2.75, 3.05) is 0 Å². The first-order valence-corrected chi connectivity index (χ1v) is 7.74. The minimum atomic E-state index is 0.352. The van der Waals surface area contributed by atoms with Crippen LogP contribution in [0.4, 0.5) is 0 Å². The maximum Gasteiger partial charge on any atom is 0.223 e. The van der Waals surface area contributed by atoms with Gasteiger partial charge in [-0.15, -0.1) is 0 Å². The summed E-state index contributed by atoms with van der Waals surface area (Å²) in [5, 5.41) is 9.25. The second-order valence-corrected chi connectivity index (χ2v) is 5.36. The molecule has 5 nitrogen and oxygen atoms in total. The molecule has 0 aliphatic rings. The molecule has 0 spiro atoms. The van der Waals surface area contributed by atoms with Crippen LogP contribution in [0.15, 0.2) is 48.7 Å². The van der Waals surface area contributed by atoms with E-state index < -0.39 is 0 Å². The number of benzene rings is 1. The fourth-order valence-corrected chi connectivity index (χ4v) is 2.30. The quantitative estimate of drug-likeness (QED) is 0.705. The van der Waals surface area contributed by atoms with E-state index in [2.05, 4.69) is 15.0 Å². The third-order valence-corrected chi connectivity index (χ3v) is 3.58. The van der Waals surface area contributed by atoms with Crippen LogP contribution in [0, 0.1) is 11.3 Å². The smallest absolute Gasteiger partial charge is 0.223 e. The van der Waals surface area contributed by atoms with Crippen molar-refractivity contribution in [1.82, 2.24) is 15.0 Å². The number of aryl methyl sites for hydroxylation is 1. The second kappa shape index (κ2) is 7.07. The summed E-state index contributed by atoms with van der Waals surface area (Å²) in [5.41, 5.74) is 1.98. The molecule has 2 aromatic heterocycles. The number of nitrogens with zero attached hydrogens (tertiary/aromatic N) is 4. The molecule has 6 heteroatoms. The molecule has 3 rings (SSSR count). The lowest BCUT2D eigenvalue weighted by Crippen LogP contribution is -1.99. The fraction of sp³-hybridized carbons (Fsp3) is 0.111. The summed E-state index contributed by atoms with van der Waals surface area (Å²) < 4.78 is 5.79. The molecule has 0 saturated heterocycles. The van der Waals surface area contributed by atoms with E-state index in [4.69, 9.17) is 21.6 Å². The van der Waals surface area contributed by atoms with Gasteiger partial charge in [-0.05, 0) is 36.8 Å². The van der Waals surface area contributed by atoms with Crippen molar-refractivity contribution in [3.63, 3.8) is 0 Å². The van der Waals surface area contributed by atoms with Gasteiger partial charge in [0, 0.05) is 18.0 Å². The first kappa shape index (κ1) is 15.9. The van der Waals surface area contributed by atoms with Gasteiger partial charge < -0.3 is 4.74 Å². The highest BCUT2D eigenvalue weighted by Gasteiger charge is 2.11. The molecule has 0 N–H and O–H groups in total. The molecular weight excluding hydrogens is 324 g/mol. The number of ether oxygens (including phenoxy) is 1. The van der Waals surface area contributed by atoms with Crippen LogP contribution in [-0.4, -0.2) is 15.0 Å². The summed E-state index contributed by atoms with van der Waals surface area (Å²) in [7, 11) is 0. The van der Waals surface area contributed by atoms with E-state index in [-0.39, 0.29) is 0 Å². The van der Waals surface area contributed by atoms with Crippen LogP contribution in [0.25, 0.3) is 11.5 Å². The predicted octanol–water partition coefficient (Wildman–Crippen LogP) is 4.42. The summed E-state index contributed by atoms with van der Waals surface area (Å²) in [4.78, 5) is 13.2. The predicted molar refractivity (Wildman–Crippen MR) is 90.9 cm³/mol. The SMILES string of the molecule is CCc1cc(Oc2ccc(C#N)cc2Cl)nc(-c2ccccn2)n1. The van der Waals surface area contributed by atoms with Crippen molar-refractivity contribution in [3.8, 4) is 29.2 Å². The Morgan fingerprint density at radius 1 is 1.17 bits per heavy atom. The molecule has 0 radical (unpaired) electrons. The number of rotatable bonds is 4. The van der Waals surface area contributed by atoms with E-state index in [1.807, 2.05) is 31.2 Å². The Labute approximate surface area is 144 Å². The van der Waals surface area contributed by atoms with Gasteiger partial charge in [-0.3, -0.25) is 4.98 Å². The van der Waals surface area contributed by atoms with E-state index in [0.29, 0.717) is 33.7 Å². The molecule has 0 bridgehead atoms. The molecule has 3 aromatic rings. The molecule has 2 heterocycles. The number of hydrogen-bond acceptors (Lipinski definition) is 5. The highest BCUT2D eigenvalue weighted by atomic mass is 35.5. The molecule has 1 aromatic carbocycles. The molecule has 0 saturated carbocycles. The van der Waals surface area contributed by atoms with Crippen LogP contribution in [-0.2, 0) is 6.42 Å². The zero-order chi connectivity index (χ0) is 16.9. The number of halogens is 1. The molecule has 0 fully saturated rings. The van der Waals surface area contributed by atoms with Crippen LogP contribution in [0.3, 0.4) is 0 Å². The van der Waals surface area contributed by atoms with Gasteiger partial charge in [0.25, 0.3) is 0 Å². The molecule has 24 heavy (non-hydrogen) atoms. The highest BCUT2D eigenvalue weighted by molar-refractivity contribution is 6.32. The Bertz CT molecular complexity index is 907. The zero-order valence-corrected chi connectivity index (χ0v) is 13.7. The van der Waals surface area contributed by atoms with Crippen LogP contribution in [0.2, 0.25) is 5.02 Å². The van der Waals surface area contributed by atoms with E-state index in [9.17, 15) is 0 Å². The summed E-state index contributed by atoms with van der Waals surface area (Å²) in [6, 6.07) is 14.2. The summed E-state index contributed by atoms with van der Waals surface area (Å²) in [6.07, 6.45) is 2.43. The monoisotopic (exact) mass is 336 g/mol. The zero-order valence-electron chi connectivity index (χ0n) is 12.9. The average molecular weight is 337 g/mol. The van der Waals surface area contributed by atoms with Gasteiger partial charge in [-0.25, -0.2) is 4.98 Å². The largest absolute Gasteiger partial charge is 0.437 e. The molecule has 0 amide bonds. The summed E-state index contributed by atoms with van der Waals surface area (Å²) >= 11 is 6.16. The van der Waals surface area contributed by atoms with E-state index in [0.717, 1.165) is 12.1 Å². The minimum absolute atomic E-state index is 0.352. The van der Waals surface area contributed by atoms with Gasteiger partial charge in [0.15, 0.2) is 5.82 Å².